The normalized spacial score (nSPS) is 11.7. The third-order valence-corrected chi connectivity index (χ3v) is 5.18. The zero-order chi connectivity index (χ0) is 20.8. The van der Waals surface area contributed by atoms with Crippen molar-refractivity contribution >= 4 is 34.2 Å². The van der Waals surface area contributed by atoms with Crippen LogP contribution in [0.1, 0.15) is 12.5 Å². The third kappa shape index (κ3) is 4.87. The maximum Gasteiger partial charge on any atom is 0.261 e. The lowest BCUT2D eigenvalue weighted by Gasteiger charge is -2.28. The Morgan fingerprint density at radius 1 is 1.03 bits per heavy atom. The number of carbonyl (C=O) groups excluding carboxylic acids is 2. The van der Waals surface area contributed by atoms with E-state index in [0.29, 0.717) is 10.8 Å². The highest BCUT2D eigenvalue weighted by atomic mass is 35.5. The van der Waals surface area contributed by atoms with Crippen molar-refractivity contribution in [1.82, 2.24) is 10.2 Å². The van der Waals surface area contributed by atoms with Gasteiger partial charge in [-0.1, -0.05) is 66.2 Å². The van der Waals surface area contributed by atoms with E-state index in [1.807, 2.05) is 60.7 Å². The van der Waals surface area contributed by atoms with E-state index < -0.39 is 6.04 Å². The molecule has 0 saturated heterocycles. The van der Waals surface area contributed by atoms with Crippen molar-refractivity contribution in [3.05, 3.63) is 77.3 Å². The summed E-state index contributed by atoms with van der Waals surface area (Å²) in [6.07, 6.45) is 0. The molecule has 0 saturated carbocycles. The Morgan fingerprint density at radius 3 is 2.48 bits per heavy atom. The number of halogens is 1. The van der Waals surface area contributed by atoms with Crippen molar-refractivity contribution in [3.63, 3.8) is 0 Å². The number of rotatable bonds is 7. The van der Waals surface area contributed by atoms with Crippen molar-refractivity contribution in [3.8, 4) is 5.75 Å². The van der Waals surface area contributed by atoms with Gasteiger partial charge in [-0.05, 0) is 30.0 Å². The molecule has 0 fully saturated rings. The fraction of sp³-hybridized carbons (Fsp3) is 0.217. The van der Waals surface area contributed by atoms with Gasteiger partial charge in [0.2, 0.25) is 5.91 Å². The average Bonchev–Trinajstić information content (AvgIpc) is 2.75. The standard InChI is InChI=1S/C23H23ClN2O3/c1-16(23(28)25-2)26(14-18-9-4-6-12-20(18)24)22(27)15-29-21-13-7-10-17-8-3-5-11-19(17)21/h3-13,16H,14-15H2,1-2H3,(H,25,28)/t16-/m1/s1. The molecular formula is C23H23ClN2O3. The lowest BCUT2D eigenvalue weighted by molar-refractivity contribution is -0.142. The van der Waals surface area contributed by atoms with E-state index >= 15 is 0 Å². The second kappa shape index (κ2) is 9.43. The number of amides is 2. The molecule has 2 amide bonds. The summed E-state index contributed by atoms with van der Waals surface area (Å²) >= 11 is 6.26. The van der Waals surface area contributed by atoms with E-state index in [2.05, 4.69) is 5.32 Å². The maximum absolute atomic E-state index is 13.0. The summed E-state index contributed by atoms with van der Waals surface area (Å²) in [7, 11) is 1.55. The van der Waals surface area contributed by atoms with Crippen molar-refractivity contribution in [1.29, 1.82) is 0 Å². The van der Waals surface area contributed by atoms with Crippen LogP contribution in [0.2, 0.25) is 5.02 Å². The van der Waals surface area contributed by atoms with Crippen LogP contribution in [-0.4, -0.2) is 36.4 Å². The van der Waals surface area contributed by atoms with Gasteiger partial charge in [0.25, 0.3) is 5.91 Å². The van der Waals surface area contributed by atoms with Gasteiger partial charge in [0.15, 0.2) is 6.61 Å². The first-order valence-electron chi connectivity index (χ1n) is 9.36. The molecule has 3 rings (SSSR count). The summed E-state index contributed by atoms with van der Waals surface area (Å²) in [5.74, 6) is 0.0752. The minimum Gasteiger partial charge on any atom is -0.483 e. The van der Waals surface area contributed by atoms with Crippen molar-refractivity contribution in [2.75, 3.05) is 13.7 Å². The summed E-state index contributed by atoms with van der Waals surface area (Å²) in [6, 6.07) is 20.1. The molecule has 0 bridgehead atoms. The number of carbonyl (C=O) groups is 2. The quantitative estimate of drug-likeness (QED) is 0.639. The first-order valence-corrected chi connectivity index (χ1v) is 9.74. The van der Waals surface area contributed by atoms with Crippen LogP contribution < -0.4 is 10.1 Å². The number of nitrogens with zero attached hydrogens (tertiary/aromatic N) is 1. The second-order valence-corrected chi connectivity index (χ2v) is 7.08. The Bertz CT molecular complexity index is 1020. The number of likely N-dealkylation sites (N-methyl/N-ethyl adjacent to an activating group) is 1. The molecule has 0 aliphatic heterocycles. The van der Waals surface area contributed by atoms with Gasteiger partial charge in [0.1, 0.15) is 11.8 Å². The van der Waals surface area contributed by atoms with Crippen LogP contribution in [0.25, 0.3) is 10.8 Å². The molecule has 3 aromatic carbocycles. The van der Waals surface area contributed by atoms with Crippen LogP contribution in [0.3, 0.4) is 0 Å². The number of ether oxygens (including phenoxy) is 1. The molecule has 150 valence electrons. The first kappa shape index (κ1) is 20.7. The molecule has 5 nitrogen and oxygen atoms in total. The highest BCUT2D eigenvalue weighted by Crippen LogP contribution is 2.25. The highest BCUT2D eigenvalue weighted by Gasteiger charge is 2.26. The minimum absolute atomic E-state index is 0.181. The van der Waals surface area contributed by atoms with Crippen molar-refractivity contribution < 1.29 is 14.3 Å². The molecule has 0 unspecified atom stereocenters. The van der Waals surface area contributed by atoms with Gasteiger partial charge in [-0.15, -0.1) is 0 Å². The fourth-order valence-corrected chi connectivity index (χ4v) is 3.34. The molecule has 3 aromatic rings. The summed E-state index contributed by atoms with van der Waals surface area (Å²) in [4.78, 5) is 26.7. The smallest absolute Gasteiger partial charge is 0.261 e. The van der Waals surface area contributed by atoms with E-state index in [-0.39, 0.29) is 25.0 Å². The highest BCUT2D eigenvalue weighted by molar-refractivity contribution is 6.31. The number of hydrogen-bond acceptors (Lipinski definition) is 3. The fourth-order valence-electron chi connectivity index (χ4n) is 3.15. The maximum atomic E-state index is 13.0. The van der Waals surface area contributed by atoms with Crippen LogP contribution >= 0.6 is 11.6 Å². The second-order valence-electron chi connectivity index (χ2n) is 6.67. The van der Waals surface area contributed by atoms with E-state index in [9.17, 15) is 9.59 Å². The van der Waals surface area contributed by atoms with E-state index in [1.54, 1.807) is 20.0 Å². The Balaban J connectivity index is 1.80. The van der Waals surface area contributed by atoms with E-state index in [4.69, 9.17) is 16.3 Å². The van der Waals surface area contributed by atoms with Crippen LogP contribution in [0.15, 0.2) is 66.7 Å². The Labute approximate surface area is 175 Å². The van der Waals surface area contributed by atoms with Crippen LogP contribution in [0.5, 0.6) is 5.75 Å². The molecule has 0 aromatic heterocycles. The van der Waals surface area contributed by atoms with Gasteiger partial charge in [-0.25, -0.2) is 0 Å². The lowest BCUT2D eigenvalue weighted by atomic mass is 10.1. The number of fused-ring (bicyclic) bond motifs is 1. The third-order valence-electron chi connectivity index (χ3n) is 4.81. The van der Waals surface area contributed by atoms with E-state index in [1.165, 1.54) is 4.90 Å². The molecular weight excluding hydrogens is 388 g/mol. The molecule has 0 aliphatic rings. The minimum atomic E-state index is -0.667. The van der Waals surface area contributed by atoms with Gasteiger partial charge < -0.3 is 15.0 Å². The summed E-state index contributed by atoms with van der Waals surface area (Å²) < 4.78 is 5.84. The molecule has 6 heteroatoms. The van der Waals surface area contributed by atoms with Gasteiger partial charge in [-0.3, -0.25) is 9.59 Å². The monoisotopic (exact) mass is 410 g/mol. The molecule has 0 aliphatic carbocycles. The van der Waals surface area contributed by atoms with Gasteiger partial charge in [-0.2, -0.15) is 0 Å². The van der Waals surface area contributed by atoms with Crippen LogP contribution in [0.4, 0.5) is 0 Å². The lowest BCUT2D eigenvalue weighted by Crippen LogP contribution is -2.48. The molecule has 29 heavy (non-hydrogen) atoms. The number of benzene rings is 3. The summed E-state index contributed by atoms with van der Waals surface area (Å²) in [5.41, 5.74) is 0.767. The van der Waals surface area contributed by atoms with Crippen LogP contribution in [0, 0.1) is 0 Å². The summed E-state index contributed by atoms with van der Waals surface area (Å²) in [6.45, 7) is 1.72. The SMILES string of the molecule is CNC(=O)[C@@H](C)N(Cc1ccccc1Cl)C(=O)COc1cccc2ccccc12. The zero-order valence-corrected chi connectivity index (χ0v) is 17.1. The average molecular weight is 411 g/mol. The van der Waals surface area contributed by atoms with Crippen LogP contribution in [-0.2, 0) is 16.1 Å². The number of nitrogens with one attached hydrogen (secondary N) is 1. The molecule has 1 atom stereocenters. The topological polar surface area (TPSA) is 58.6 Å². The summed E-state index contributed by atoms with van der Waals surface area (Å²) in [5, 5.41) is 5.10. The molecule has 0 radical (unpaired) electrons. The predicted molar refractivity (Wildman–Crippen MR) is 115 cm³/mol. The molecule has 0 heterocycles. The van der Waals surface area contributed by atoms with Gasteiger partial charge in [0, 0.05) is 24.0 Å². The predicted octanol–water partition coefficient (Wildman–Crippen LogP) is 4.04. The van der Waals surface area contributed by atoms with Gasteiger partial charge in [0.05, 0.1) is 0 Å². The van der Waals surface area contributed by atoms with Crippen molar-refractivity contribution in [2.45, 2.75) is 19.5 Å². The largest absolute Gasteiger partial charge is 0.483 e. The molecule has 1 N–H and O–H groups in total. The molecule has 0 spiro atoms. The Morgan fingerprint density at radius 2 is 1.72 bits per heavy atom. The Kier molecular flexibility index (Phi) is 6.73. The Hall–Kier alpha value is -3.05. The first-order chi connectivity index (χ1) is 14.0. The number of hydrogen-bond donors (Lipinski definition) is 1. The van der Waals surface area contributed by atoms with E-state index in [0.717, 1.165) is 16.3 Å². The van der Waals surface area contributed by atoms with Gasteiger partial charge >= 0.3 is 0 Å². The van der Waals surface area contributed by atoms with Crippen molar-refractivity contribution in [2.24, 2.45) is 0 Å². The zero-order valence-electron chi connectivity index (χ0n) is 16.4.